The molecule has 0 radical (unpaired) electrons. The van der Waals surface area contributed by atoms with E-state index in [0.29, 0.717) is 0 Å². The Balaban J connectivity index is -0.0000000860. The Kier molecular flexibility index (Phi) is 13.4. The molecular weight excluding hydrogens is 175 g/mol. The van der Waals surface area contributed by atoms with Gasteiger partial charge in [0.25, 0.3) is 0 Å². The summed E-state index contributed by atoms with van der Waals surface area (Å²) in [7, 11) is -4.67. The van der Waals surface area contributed by atoms with Crippen LogP contribution in [0.4, 0.5) is 0 Å². The van der Waals surface area contributed by atoms with Gasteiger partial charge in [-0.2, -0.15) is 8.42 Å². The van der Waals surface area contributed by atoms with E-state index in [1.807, 2.05) is 0 Å². The monoisotopic (exact) mass is 184 g/mol. The molecule has 8 heteroatoms. The third kappa shape index (κ3) is 166. The molecule has 0 aromatic carbocycles. The van der Waals surface area contributed by atoms with Crippen LogP contribution >= 0.6 is 0 Å². The summed E-state index contributed by atoms with van der Waals surface area (Å²) < 4.78 is 36.1. The first-order valence-electron chi connectivity index (χ1n) is 1.78. The molecule has 1 rings (SSSR count). The maximum absolute atomic E-state index is 8.74. The first-order chi connectivity index (χ1) is 3.50. The zero-order valence-corrected chi connectivity index (χ0v) is 5.26. The van der Waals surface area contributed by atoms with E-state index in [-0.39, 0.29) is 35.0 Å². The number of epoxide rings is 1. The molecule has 0 amide bonds. The van der Waals surface area contributed by atoms with Crippen molar-refractivity contribution in [1.29, 1.82) is 0 Å². The fourth-order valence-electron chi connectivity index (χ4n) is 0. The molecule has 0 spiro atoms. The fourth-order valence-corrected chi connectivity index (χ4v) is 0. The van der Waals surface area contributed by atoms with E-state index >= 15 is 0 Å². The van der Waals surface area contributed by atoms with E-state index < -0.39 is 10.4 Å². The van der Waals surface area contributed by atoms with Crippen molar-refractivity contribution in [3.8, 4) is 0 Å². The molecule has 0 bridgehead atoms. The van der Waals surface area contributed by atoms with Gasteiger partial charge in [-0.3, -0.25) is 9.11 Å². The minimum atomic E-state index is -4.67. The summed E-state index contributed by atoms with van der Waals surface area (Å²) in [6.07, 6.45) is 0. The van der Waals surface area contributed by atoms with Crippen molar-refractivity contribution in [1.82, 2.24) is 0 Å². The molecule has 0 saturated carbocycles. The summed E-state index contributed by atoms with van der Waals surface area (Å²) in [5, 5.41) is 0. The van der Waals surface area contributed by atoms with E-state index in [0.717, 1.165) is 13.2 Å². The molecule has 0 unspecified atom stereocenters. The van der Waals surface area contributed by atoms with Crippen molar-refractivity contribution < 1.29 is 27.7 Å². The van der Waals surface area contributed by atoms with Crippen LogP contribution in [0.1, 0.15) is 0 Å². The summed E-state index contributed by atoms with van der Waals surface area (Å²) >= 11 is 0. The van der Waals surface area contributed by atoms with Gasteiger partial charge in [0.2, 0.25) is 0 Å². The average molecular weight is 184 g/mol. The summed E-state index contributed by atoms with van der Waals surface area (Å²) in [5.41, 5.74) is 0. The van der Waals surface area contributed by atoms with Crippen LogP contribution in [-0.4, -0.2) is 65.8 Å². The van der Waals surface area contributed by atoms with Crippen LogP contribution in [0, 0.1) is 0 Å². The summed E-state index contributed by atoms with van der Waals surface area (Å²) in [5.74, 6) is 0. The van der Waals surface area contributed by atoms with Crippen molar-refractivity contribution in [3.63, 3.8) is 0 Å². The molecule has 1 fully saturated rings. The topological polar surface area (TPSA) is 119 Å². The maximum atomic E-state index is 8.74. The number of hydrogen-bond acceptors (Lipinski definition) is 3. The minimum absolute atomic E-state index is 0. The van der Waals surface area contributed by atoms with E-state index in [1.165, 1.54) is 0 Å². The van der Waals surface area contributed by atoms with Gasteiger partial charge >= 0.3 is 40.0 Å². The van der Waals surface area contributed by atoms with Crippen molar-refractivity contribution in [2.75, 3.05) is 13.2 Å². The second kappa shape index (κ2) is 7.89. The van der Waals surface area contributed by atoms with Crippen LogP contribution in [0.25, 0.3) is 0 Å². The van der Waals surface area contributed by atoms with E-state index in [4.69, 9.17) is 17.5 Å². The zero-order valence-electron chi connectivity index (χ0n) is 4.44. The molecular formula is C2H9NaO6S. The Morgan fingerprint density at radius 1 is 1.20 bits per heavy atom. The Bertz CT molecular complexity index is 127. The molecule has 1 aliphatic heterocycles. The van der Waals surface area contributed by atoms with Gasteiger partial charge in [0.1, 0.15) is 0 Å². The van der Waals surface area contributed by atoms with Gasteiger partial charge in [-0.15, -0.1) is 0 Å². The summed E-state index contributed by atoms with van der Waals surface area (Å²) in [6.45, 7) is 2.00. The molecule has 4 N–H and O–H groups in total. The molecule has 0 aliphatic carbocycles. The zero-order chi connectivity index (χ0) is 6.62. The predicted molar refractivity (Wildman–Crippen MR) is 35.8 cm³/mol. The van der Waals surface area contributed by atoms with Gasteiger partial charge in [0.15, 0.2) is 0 Å². The second-order valence-corrected chi connectivity index (χ2v) is 1.96. The van der Waals surface area contributed by atoms with Crippen LogP contribution in [0.15, 0.2) is 0 Å². The molecule has 0 aromatic rings. The van der Waals surface area contributed by atoms with Crippen molar-refractivity contribution in [2.45, 2.75) is 0 Å². The first kappa shape index (κ1) is 17.0. The van der Waals surface area contributed by atoms with Crippen molar-refractivity contribution in [3.05, 3.63) is 0 Å². The Morgan fingerprint density at radius 2 is 1.30 bits per heavy atom. The Labute approximate surface area is 80.7 Å². The van der Waals surface area contributed by atoms with Crippen LogP contribution in [0.2, 0.25) is 0 Å². The molecule has 60 valence electrons. The average Bonchev–Trinajstić information content (AvgIpc) is 1.95. The number of hydrogen-bond donors (Lipinski definition) is 2. The van der Waals surface area contributed by atoms with Gasteiger partial charge < -0.3 is 10.2 Å². The third-order valence-electron chi connectivity index (χ3n) is 0.204. The van der Waals surface area contributed by atoms with E-state index in [2.05, 4.69) is 4.74 Å². The van der Waals surface area contributed by atoms with Gasteiger partial charge in [-0.05, 0) is 0 Å². The summed E-state index contributed by atoms with van der Waals surface area (Å²) in [6, 6.07) is 0. The molecule has 10 heavy (non-hydrogen) atoms. The van der Waals surface area contributed by atoms with Crippen LogP contribution in [-0.2, 0) is 15.1 Å². The van der Waals surface area contributed by atoms with Crippen LogP contribution in [0.5, 0.6) is 0 Å². The van der Waals surface area contributed by atoms with Crippen LogP contribution < -0.4 is 0 Å². The van der Waals surface area contributed by atoms with Crippen molar-refractivity contribution in [2.24, 2.45) is 0 Å². The number of ether oxygens (including phenoxy) is 1. The van der Waals surface area contributed by atoms with E-state index in [9.17, 15) is 0 Å². The number of rotatable bonds is 0. The second-order valence-electron chi connectivity index (χ2n) is 1.06. The molecule has 1 aliphatic rings. The normalized spacial score (nSPS) is 13.0. The van der Waals surface area contributed by atoms with Gasteiger partial charge in [-0.25, -0.2) is 0 Å². The molecule has 0 atom stereocenters. The van der Waals surface area contributed by atoms with Crippen LogP contribution in [0.3, 0.4) is 0 Å². The van der Waals surface area contributed by atoms with Crippen molar-refractivity contribution >= 4 is 40.0 Å². The quantitative estimate of drug-likeness (QED) is 0.253. The van der Waals surface area contributed by atoms with E-state index in [1.54, 1.807) is 0 Å². The Morgan fingerprint density at radius 3 is 1.30 bits per heavy atom. The molecule has 0 aromatic heterocycles. The summed E-state index contributed by atoms with van der Waals surface area (Å²) in [4.78, 5) is 0. The standard InChI is InChI=1S/C2H4O.Na.H2O4S.H2O.H/c1-2-3-1;;1-5(2,3)4;;/h1-2H2;;(H2,1,2,3,4);1H2;. The molecule has 6 nitrogen and oxygen atoms in total. The first-order valence-corrected chi connectivity index (χ1v) is 3.17. The molecule has 1 heterocycles. The third-order valence-corrected chi connectivity index (χ3v) is 0.204. The SMILES string of the molecule is C1CO1.O.O=S(=O)(O)O.[NaH]. The predicted octanol–water partition coefficient (Wildman–Crippen LogP) is -2.11. The Hall–Kier alpha value is 0.790. The van der Waals surface area contributed by atoms with Gasteiger partial charge in [-0.1, -0.05) is 0 Å². The molecule has 1 saturated heterocycles. The fraction of sp³-hybridized carbons (Fsp3) is 1.00. The van der Waals surface area contributed by atoms with Gasteiger partial charge in [0.05, 0.1) is 13.2 Å². The van der Waals surface area contributed by atoms with Gasteiger partial charge in [0, 0.05) is 0 Å².